The highest BCUT2D eigenvalue weighted by molar-refractivity contribution is 5.80. The number of rotatable bonds is 6. The van der Waals surface area contributed by atoms with Gasteiger partial charge in [0.2, 0.25) is 0 Å². The number of amides is 1. The van der Waals surface area contributed by atoms with Crippen LogP contribution < -0.4 is 9.47 Å². The summed E-state index contributed by atoms with van der Waals surface area (Å²) in [7, 11) is 0. The Labute approximate surface area is 131 Å². The Balaban J connectivity index is 1.77. The highest BCUT2D eigenvalue weighted by Crippen LogP contribution is 2.19. The number of Topliss-reactive ketones (excluding diaryl/α,β-unsaturated/α-hetero) is 1. The van der Waals surface area contributed by atoms with Crippen LogP contribution in [0.3, 0.4) is 0 Å². The van der Waals surface area contributed by atoms with Crippen LogP contribution in [0.25, 0.3) is 0 Å². The Morgan fingerprint density at radius 1 is 1.09 bits per heavy atom. The molecule has 1 aromatic carbocycles. The van der Waals surface area contributed by atoms with Gasteiger partial charge in [-0.1, -0.05) is 0 Å². The van der Waals surface area contributed by atoms with Crippen molar-refractivity contribution in [1.29, 1.82) is 0 Å². The smallest absolute Gasteiger partial charge is 0.260 e. The average molecular weight is 305 g/mol. The van der Waals surface area contributed by atoms with Crippen molar-refractivity contribution in [3.05, 3.63) is 24.3 Å². The van der Waals surface area contributed by atoms with Crippen molar-refractivity contribution in [3.63, 3.8) is 0 Å². The second kappa shape index (κ2) is 7.82. The molecule has 0 aliphatic carbocycles. The molecular formula is C17H23NO4. The fraction of sp³-hybridized carbons (Fsp3) is 0.529. The highest BCUT2D eigenvalue weighted by atomic mass is 16.5. The number of nitrogens with zero attached hydrogens (tertiary/aromatic N) is 1. The lowest BCUT2D eigenvalue weighted by atomic mass is 9.93. The van der Waals surface area contributed by atoms with Gasteiger partial charge >= 0.3 is 0 Å². The summed E-state index contributed by atoms with van der Waals surface area (Å²) in [5, 5.41) is 0. The minimum absolute atomic E-state index is 0.0265. The van der Waals surface area contributed by atoms with Gasteiger partial charge in [-0.05, 0) is 51.0 Å². The van der Waals surface area contributed by atoms with Gasteiger partial charge in [0.05, 0.1) is 6.61 Å². The average Bonchev–Trinajstić information content (AvgIpc) is 2.54. The molecular weight excluding hydrogens is 282 g/mol. The minimum Gasteiger partial charge on any atom is -0.494 e. The fourth-order valence-corrected chi connectivity index (χ4v) is 2.57. The van der Waals surface area contributed by atoms with Crippen LogP contribution in [0, 0.1) is 5.92 Å². The largest absolute Gasteiger partial charge is 0.494 e. The van der Waals surface area contributed by atoms with Crippen molar-refractivity contribution < 1.29 is 19.1 Å². The van der Waals surface area contributed by atoms with E-state index in [1.54, 1.807) is 24.0 Å². The molecule has 0 atom stereocenters. The Morgan fingerprint density at radius 3 is 2.14 bits per heavy atom. The molecule has 5 nitrogen and oxygen atoms in total. The van der Waals surface area contributed by atoms with Crippen molar-refractivity contribution in [3.8, 4) is 11.5 Å². The quantitative estimate of drug-likeness (QED) is 0.809. The molecule has 0 radical (unpaired) electrons. The lowest BCUT2D eigenvalue weighted by Crippen LogP contribution is -2.42. The van der Waals surface area contributed by atoms with Crippen LogP contribution in [0.15, 0.2) is 24.3 Å². The third kappa shape index (κ3) is 4.48. The molecule has 0 unspecified atom stereocenters. The highest BCUT2D eigenvalue weighted by Gasteiger charge is 2.25. The van der Waals surface area contributed by atoms with Crippen molar-refractivity contribution in [2.24, 2.45) is 5.92 Å². The van der Waals surface area contributed by atoms with Gasteiger partial charge in [0.1, 0.15) is 17.3 Å². The molecule has 5 heteroatoms. The molecule has 120 valence electrons. The number of likely N-dealkylation sites (tertiary alicyclic amines) is 1. The molecule has 1 fully saturated rings. The molecule has 0 aromatic heterocycles. The topological polar surface area (TPSA) is 55.8 Å². The number of benzene rings is 1. The Morgan fingerprint density at radius 2 is 1.64 bits per heavy atom. The summed E-state index contributed by atoms with van der Waals surface area (Å²) in [4.78, 5) is 25.2. The number of hydrogen-bond acceptors (Lipinski definition) is 4. The van der Waals surface area contributed by atoms with Gasteiger partial charge in [-0.15, -0.1) is 0 Å². The number of ether oxygens (including phenoxy) is 2. The van der Waals surface area contributed by atoms with Crippen molar-refractivity contribution >= 4 is 11.7 Å². The van der Waals surface area contributed by atoms with Gasteiger partial charge in [-0.25, -0.2) is 0 Å². The maximum atomic E-state index is 12.1. The van der Waals surface area contributed by atoms with Crippen LogP contribution in [-0.2, 0) is 9.59 Å². The normalized spacial score (nSPS) is 15.5. The van der Waals surface area contributed by atoms with Gasteiger partial charge in [0.15, 0.2) is 6.61 Å². The maximum Gasteiger partial charge on any atom is 0.260 e. The summed E-state index contributed by atoms with van der Waals surface area (Å²) >= 11 is 0. The van der Waals surface area contributed by atoms with Crippen molar-refractivity contribution in [1.82, 2.24) is 4.90 Å². The molecule has 1 aliphatic heterocycles. The molecule has 0 N–H and O–H groups in total. The SMILES string of the molecule is CCOc1ccc(OCC(=O)N2CCC(C(C)=O)CC2)cc1. The number of hydrogen-bond donors (Lipinski definition) is 0. The third-order valence-electron chi connectivity index (χ3n) is 3.92. The summed E-state index contributed by atoms with van der Waals surface area (Å²) in [6.07, 6.45) is 1.51. The van der Waals surface area contributed by atoms with Crippen LogP contribution in [0.2, 0.25) is 0 Å². The van der Waals surface area contributed by atoms with Crippen LogP contribution in [0.5, 0.6) is 11.5 Å². The number of carbonyl (C=O) groups is 2. The van der Waals surface area contributed by atoms with Crippen LogP contribution >= 0.6 is 0 Å². The number of ketones is 1. The molecule has 0 spiro atoms. The maximum absolute atomic E-state index is 12.1. The summed E-state index contributed by atoms with van der Waals surface area (Å²) in [5.74, 6) is 1.73. The van der Waals surface area contributed by atoms with Crippen molar-refractivity contribution in [2.75, 3.05) is 26.3 Å². The van der Waals surface area contributed by atoms with Gasteiger partial charge in [-0.2, -0.15) is 0 Å². The van der Waals surface area contributed by atoms with E-state index in [0.717, 1.165) is 18.6 Å². The zero-order chi connectivity index (χ0) is 15.9. The second-order valence-electron chi connectivity index (χ2n) is 5.46. The van der Waals surface area contributed by atoms with Crippen LogP contribution in [0.1, 0.15) is 26.7 Å². The second-order valence-corrected chi connectivity index (χ2v) is 5.46. The zero-order valence-electron chi connectivity index (χ0n) is 13.2. The molecule has 2 rings (SSSR count). The zero-order valence-corrected chi connectivity index (χ0v) is 13.2. The summed E-state index contributed by atoms with van der Waals surface area (Å²) in [6.45, 7) is 5.47. The number of piperidine rings is 1. The lowest BCUT2D eigenvalue weighted by molar-refractivity contribution is -0.136. The standard InChI is InChI=1S/C17H23NO4/c1-3-21-15-4-6-16(7-5-15)22-12-17(20)18-10-8-14(9-11-18)13(2)19/h4-7,14H,3,8-12H2,1-2H3. The van der Waals surface area contributed by atoms with E-state index < -0.39 is 0 Å². The van der Waals surface area contributed by atoms with E-state index in [2.05, 4.69) is 0 Å². The monoisotopic (exact) mass is 305 g/mol. The first kappa shape index (κ1) is 16.3. The van der Waals surface area contributed by atoms with E-state index in [9.17, 15) is 9.59 Å². The molecule has 1 amide bonds. The first-order chi connectivity index (χ1) is 10.6. The Bertz CT molecular complexity index is 504. The molecule has 1 aliphatic rings. The number of carbonyl (C=O) groups excluding carboxylic acids is 2. The molecule has 22 heavy (non-hydrogen) atoms. The van der Waals surface area contributed by atoms with Crippen LogP contribution in [0.4, 0.5) is 0 Å². The molecule has 0 saturated carbocycles. The third-order valence-corrected chi connectivity index (χ3v) is 3.92. The van der Waals surface area contributed by atoms with Gasteiger partial charge in [0.25, 0.3) is 5.91 Å². The molecule has 1 aromatic rings. The molecule has 1 saturated heterocycles. The summed E-state index contributed by atoms with van der Waals surface area (Å²) in [5.41, 5.74) is 0. The summed E-state index contributed by atoms with van der Waals surface area (Å²) < 4.78 is 10.9. The Kier molecular flexibility index (Phi) is 5.81. The molecule has 0 bridgehead atoms. The van der Waals surface area contributed by atoms with E-state index in [-0.39, 0.29) is 24.2 Å². The summed E-state index contributed by atoms with van der Waals surface area (Å²) in [6, 6.07) is 7.23. The molecule has 1 heterocycles. The van der Waals surface area contributed by atoms with Gasteiger partial charge in [-0.3, -0.25) is 9.59 Å². The first-order valence-corrected chi connectivity index (χ1v) is 7.74. The predicted molar refractivity (Wildman–Crippen MR) is 83.1 cm³/mol. The predicted octanol–water partition coefficient (Wildman–Crippen LogP) is 2.29. The lowest BCUT2D eigenvalue weighted by Gasteiger charge is -2.30. The van der Waals surface area contributed by atoms with Gasteiger partial charge < -0.3 is 14.4 Å². The van der Waals surface area contributed by atoms with E-state index in [4.69, 9.17) is 9.47 Å². The first-order valence-electron chi connectivity index (χ1n) is 7.74. The van der Waals surface area contributed by atoms with E-state index in [1.165, 1.54) is 0 Å². The Hall–Kier alpha value is -2.04. The van der Waals surface area contributed by atoms with E-state index >= 15 is 0 Å². The fourth-order valence-electron chi connectivity index (χ4n) is 2.57. The van der Waals surface area contributed by atoms with Crippen molar-refractivity contribution in [2.45, 2.75) is 26.7 Å². The van der Waals surface area contributed by atoms with E-state index in [0.29, 0.717) is 25.4 Å². The van der Waals surface area contributed by atoms with E-state index in [1.807, 2.05) is 19.1 Å². The van der Waals surface area contributed by atoms with Gasteiger partial charge in [0, 0.05) is 19.0 Å². The minimum atomic E-state index is -0.0316. The van der Waals surface area contributed by atoms with Crippen LogP contribution in [-0.4, -0.2) is 42.9 Å².